The molecule has 1 amide bonds. The zero-order valence-corrected chi connectivity index (χ0v) is 9.80. The van der Waals surface area contributed by atoms with E-state index in [0.717, 1.165) is 23.7 Å². The molecule has 1 aromatic heterocycles. The Morgan fingerprint density at radius 3 is 3.13 bits per heavy atom. The second kappa shape index (κ2) is 4.26. The highest BCUT2D eigenvalue weighted by molar-refractivity contribution is 7.99. The van der Waals surface area contributed by atoms with E-state index in [1.807, 2.05) is 23.6 Å². The van der Waals surface area contributed by atoms with Crippen molar-refractivity contribution in [2.45, 2.75) is 19.9 Å². The van der Waals surface area contributed by atoms with E-state index in [0.29, 0.717) is 11.6 Å². The van der Waals surface area contributed by atoms with Gasteiger partial charge in [-0.2, -0.15) is 16.9 Å². The zero-order valence-electron chi connectivity index (χ0n) is 8.99. The van der Waals surface area contributed by atoms with Crippen LogP contribution in [0.5, 0.6) is 0 Å². The van der Waals surface area contributed by atoms with Crippen molar-refractivity contribution >= 4 is 17.7 Å². The van der Waals surface area contributed by atoms with Gasteiger partial charge < -0.3 is 4.90 Å². The molecular formula is C10H15N3OS. The van der Waals surface area contributed by atoms with E-state index in [4.69, 9.17) is 0 Å². The van der Waals surface area contributed by atoms with Crippen LogP contribution in [0.1, 0.15) is 23.0 Å². The van der Waals surface area contributed by atoms with Gasteiger partial charge in [-0.25, -0.2) is 0 Å². The Morgan fingerprint density at radius 2 is 2.53 bits per heavy atom. The number of amides is 1. The molecule has 0 saturated carbocycles. The number of hydrogen-bond acceptors (Lipinski definition) is 3. The van der Waals surface area contributed by atoms with Gasteiger partial charge in [-0.05, 0) is 13.8 Å². The van der Waals surface area contributed by atoms with E-state index in [-0.39, 0.29) is 5.91 Å². The standard InChI is InChI=1S/C10H15N3OS/c1-7-6-15-4-3-13(7)10(14)9-5-11-12-8(9)2/h5,7H,3-4,6H2,1-2H3,(H,11,12). The van der Waals surface area contributed by atoms with Gasteiger partial charge in [0.05, 0.1) is 11.8 Å². The van der Waals surface area contributed by atoms with E-state index in [1.54, 1.807) is 6.20 Å². The highest BCUT2D eigenvalue weighted by Crippen LogP contribution is 2.19. The average molecular weight is 225 g/mol. The lowest BCUT2D eigenvalue weighted by Gasteiger charge is -2.32. The maximum atomic E-state index is 12.1. The van der Waals surface area contributed by atoms with E-state index >= 15 is 0 Å². The monoisotopic (exact) mass is 225 g/mol. The van der Waals surface area contributed by atoms with E-state index < -0.39 is 0 Å². The average Bonchev–Trinajstić information content (AvgIpc) is 2.64. The van der Waals surface area contributed by atoms with Gasteiger partial charge in [0, 0.05) is 29.8 Å². The molecular weight excluding hydrogens is 210 g/mol. The summed E-state index contributed by atoms with van der Waals surface area (Å²) in [5.74, 6) is 2.17. The topological polar surface area (TPSA) is 49.0 Å². The van der Waals surface area contributed by atoms with Gasteiger partial charge in [-0.15, -0.1) is 0 Å². The smallest absolute Gasteiger partial charge is 0.257 e. The summed E-state index contributed by atoms with van der Waals surface area (Å²) in [4.78, 5) is 14.1. The quantitative estimate of drug-likeness (QED) is 0.783. The molecule has 1 atom stereocenters. The van der Waals surface area contributed by atoms with Crippen LogP contribution in [0.3, 0.4) is 0 Å². The molecule has 82 valence electrons. The van der Waals surface area contributed by atoms with Gasteiger partial charge in [-0.3, -0.25) is 9.89 Å². The van der Waals surface area contributed by atoms with Crippen molar-refractivity contribution in [3.05, 3.63) is 17.5 Å². The first-order valence-corrected chi connectivity index (χ1v) is 6.24. The Balaban J connectivity index is 2.17. The van der Waals surface area contributed by atoms with Crippen LogP contribution in [0, 0.1) is 6.92 Å². The molecule has 1 N–H and O–H groups in total. The fourth-order valence-electron chi connectivity index (χ4n) is 1.75. The van der Waals surface area contributed by atoms with Gasteiger partial charge in [-0.1, -0.05) is 0 Å². The second-order valence-electron chi connectivity index (χ2n) is 3.83. The molecule has 1 saturated heterocycles. The normalized spacial score (nSPS) is 21.7. The number of thioether (sulfide) groups is 1. The second-order valence-corrected chi connectivity index (χ2v) is 4.98. The van der Waals surface area contributed by atoms with Gasteiger partial charge in [0.15, 0.2) is 0 Å². The Kier molecular flexibility index (Phi) is 3.00. The first-order valence-electron chi connectivity index (χ1n) is 5.09. The van der Waals surface area contributed by atoms with Crippen LogP contribution in [0.2, 0.25) is 0 Å². The maximum absolute atomic E-state index is 12.1. The molecule has 0 aliphatic carbocycles. The molecule has 0 aromatic carbocycles. The molecule has 0 spiro atoms. The number of aryl methyl sites for hydroxylation is 1. The third-order valence-corrected chi connectivity index (χ3v) is 3.88. The fourth-order valence-corrected chi connectivity index (χ4v) is 2.76. The Morgan fingerprint density at radius 1 is 1.73 bits per heavy atom. The van der Waals surface area contributed by atoms with E-state index in [2.05, 4.69) is 17.1 Å². The van der Waals surface area contributed by atoms with Crippen molar-refractivity contribution in [3.63, 3.8) is 0 Å². The molecule has 0 bridgehead atoms. The van der Waals surface area contributed by atoms with Gasteiger partial charge >= 0.3 is 0 Å². The van der Waals surface area contributed by atoms with Crippen LogP contribution in [0.25, 0.3) is 0 Å². The summed E-state index contributed by atoms with van der Waals surface area (Å²) in [6, 6.07) is 0.325. The molecule has 1 aliphatic heterocycles. The first-order chi connectivity index (χ1) is 7.20. The lowest BCUT2D eigenvalue weighted by atomic mass is 10.2. The molecule has 1 aromatic rings. The predicted octanol–water partition coefficient (Wildman–Crippen LogP) is 1.30. The Hall–Kier alpha value is -0.970. The molecule has 0 radical (unpaired) electrons. The molecule has 5 heteroatoms. The minimum atomic E-state index is 0.106. The molecule has 2 heterocycles. The number of carbonyl (C=O) groups excluding carboxylic acids is 1. The number of nitrogens with one attached hydrogen (secondary N) is 1. The predicted molar refractivity (Wildman–Crippen MR) is 61.1 cm³/mol. The van der Waals surface area contributed by atoms with Crippen LogP contribution in [-0.4, -0.2) is 45.1 Å². The van der Waals surface area contributed by atoms with E-state index in [9.17, 15) is 4.79 Å². The number of rotatable bonds is 1. The van der Waals surface area contributed by atoms with Gasteiger partial charge in [0.2, 0.25) is 0 Å². The van der Waals surface area contributed by atoms with Crippen LogP contribution in [0.4, 0.5) is 0 Å². The molecule has 1 aliphatic rings. The molecule has 15 heavy (non-hydrogen) atoms. The number of nitrogens with zero attached hydrogens (tertiary/aromatic N) is 2. The van der Waals surface area contributed by atoms with Gasteiger partial charge in [0.25, 0.3) is 5.91 Å². The van der Waals surface area contributed by atoms with Crippen LogP contribution in [-0.2, 0) is 0 Å². The van der Waals surface area contributed by atoms with Crippen molar-refractivity contribution in [3.8, 4) is 0 Å². The third kappa shape index (κ3) is 2.02. The molecule has 1 fully saturated rings. The largest absolute Gasteiger partial charge is 0.334 e. The lowest BCUT2D eigenvalue weighted by Crippen LogP contribution is -2.44. The van der Waals surface area contributed by atoms with Crippen LogP contribution < -0.4 is 0 Å². The van der Waals surface area contributed by atoms with Crippen molar-refractivity contribution in [2.24, 2.45) is 0 Å². The van der Waals surface area contributed by atoms with Crippen molar-refractivity contribution < 1.29 is 4.79 Å². The lowest BCUT2D eigenvalue weighted by molar-refractivity contribution is 0.0715. The van der Waals surface area contributed by atoms with Crippen LogP contribution in [0.15, 0.2) is 6.20 Å². The summed E-state index contributed by atoms with van der Waals surface area (Å²) >= 11 is 1.91. The zero-order chi connectivity index (χ0) is 10.8. The summed E-state index contributed by atoms with van der Waals surface area (Å²) in [6.07, 6.45) is 1.62. The molecule has 2 rings (SSSR count). The summed E-state index contributed by atoms with van der Waals surface area (Å²) in [5.41, 5.74) is 1.55. The first kappa shape index (κ1) is 10.5. The van der Waals surface area contributed by atoms with Gasteiger partial charge in [0.1, 0.15) is 0 Å². The minimum Gasteiger partial charge on any atom is -0.334 e. The Bertz CT molecular complexity index is 363. The summed E-state index contributed by atoms with van der Waals surface area (Å²) in [7, 11) is 0. The number of aromatic nitrogens is 2. The maximum Gasteiger partial charge on any atom is 0.257 e. The SMILES string of the molecule is Cc1[nH]ncc1C(=O)N1CCSCC1C. The number of carbonyl (C=O) groups is 1. The minimum absolute atomic E-state index is 0.106. The number of H-pyrrole nitrogens is 1. The van der Waals surface area contributed by atoms with E-state index in [1.165, 1.54) is 0 Å². The summed E-state index contributed by atoms with van der Waals surface area (Å²) in [5, 5.41) is 6.69. The van der Waals surface area contributed by atoms with Crippen molar-refractivity contribution in [1.82, 2.24) is 15.1 Å². The highest BCUT2D eigenvalue weighted by Gasteiger charge is 2.25. The highest BCUT2D eigenvalue weighted by atomic mass is 32.2. The Labute approximate surface area is 93.4 Å². The van der Waals surface area contributed by atoms with Crippen molar-refractivity contribution in [1.29, 1.82) is 0 Å². The number of hydrogen-bond donors (Lipinski definition) is 1. The molecule has 4 nitrogen and oxygen atoms in total. The number of aromatic amines is 1. The molecule has 1 unspecified atom stereocenters. The summed E-state index contributed by atoms with van der Waals surface area (Å²) < 4.78 is 0. The third-order valence-electron chi connectivity index (χ3n) is 2.69. The summed E-state index contributed by atoms with van der Waals surface area (Å²) in [6.45, 7) is 4.82. The van der Waals surface area contributed by atoms with Crippen molar-refractivity contribution in [2.75, 3.05) is 18.1 Å². The van der Waals surface area contributed by atoms with Crippen LogP contribution >= 0.6 is 11.8 Å². The fraction of sp³-hybridized carbons (Fsp3) is 0.600.